The van der Waals surface area contributed by atoms with Gasteiger partial charge in [0.15, 0.2) is 0 Å². The first-order valence-corrected chi connectivity index (χ1v) is 5.79. The van der Waals surface area contributed by atoms with Crippen LogP contribution in [0.2, 0.25) is 0 Å². The van der Waals surface area contributed by atoms with Crippen molar-refractivity contribution in [1.29, 1.82) is 0 Å². The maximum absolute atomic E-state index is 11.9. The Morgan fingerprint density at radius 3 is 2.72 bits per heavy atom. The first kappa shape index (κ1) is 15.0. The quantitative estimate of drug-likeness (QED) is 0.822. The van der Waals surface area contributed by atoms with Crippen molar-refractivity contribution in [2.75, 3.05) is 13.2 Å². The van der Waals surface area contributed by atoms with Crippen molar-refractivity contribution >= 4 is 0 Å². The molecule has 0 amide bonds. The highest BCUT2D eigenvalue weighted by Crippen LogP contribution is 2.17. The molecule has 6 heteroatoms. The molecule has 18 heavy (non-hydrogen) atoms. The van der Waals surface area contributed by atoms with Gasteiger partial charge in [0.05, 0.1) is 19.4 Å². The maximum Gasteiger partial charge on any atom is 0.411 e. The van der Waals surface area contributed by atoms with Crippen LogP contribution in [0.5, 0.6) is 0 Å². The first-order chi connectivity index (χ1) is 8.38. The highest BCUT2D eigenvalue weighted by Gasteiger charge is 2.27. The smallest absolute Gasteiger partial charge is 0.411 e. The lowest BCUT2D eigenvalue weighted by Gasteiger charge is -2.09. The zero-order chi connectivity index (χ0) is 13.6. The van der Waals surface area contributed by atoms with Crippen LogP contribution in [-0.2, 0) is 17.9 Å². The minimum atomic E-state index is -4.29. The summed E-state index contributed by atoms with van der Waals surface area (Å²) in [6, 6.07) is 1.63. The molecule has 0 bridgehead atoms. The van der Waals surface area contributed by atoms with Crippen LogP contribution in [0.25, 0.3) is 0 Å². The van der Waals surface area contributed by atoms with Gasteiger partial charge in [-0.3, -0.25) is 0 Å². The SMILES string of the molecule is CC(C)CNCc1occc1COCC(F)(F)F. The molecule has 0 atom stereocenters. The van der Waals surface area contributed by atoms with Crippen LogP contribution in [0.4, 0.5) is 13.2 Å². The fourth-order valence-electron chi connectivity index (χ4n) is 1.40. The van der Waals surface area contributed by atoms with E-state index in [1.807, 2.05) is 0 Å². The predicted molar refractivity (Wildman–Crippen MR) is 61.0 cm³/mol. The lowest BCUT2D eigenvalue weighted by atomic mass is 10.2. The topological polar surface area (TPSA) is 34.4 Å². The highest BCUT2D eigenvalue weighted by atomic mass is 19.4. The number of furan rings is 1. The molecule has 0 unspecified atom stereocenters. The van der Waals surface area contributed by atoms with E-state index in [1.165, 1.54) is 6.26 Å². The third-order valence-corrected chi connectivity index (χ3v) is 2.20. The van der Waals surface area contributed by atoms with E-state index in [0.29, 0.717) is 23.8 Å². The van der Waals surface area contributed by atoms with Gasteiger partial charge in [-0.1, -0.05) is 13.8 Å². The second-order valence-corrected chi connectivity index (χ2v) is 4.50. The zero-order valence-electron chi connectivity index (χ0n) is 10.5. The molecule has 0 aliphatic rings. The Bertz CT molecular complexity index is 347. The Hall–Kier alpha value is -1.01. The largest absolute Gasteiger partial charge is 0.468 e. The van der Waals surface area contributed by atoms with Crippen LogP contribution in [-0.4, -0.2) is 19.3 Å². The van der Waals surface area contributed by atoms with Crippen LogP contribution in [0.1, 0.15) is 25.2 Å². The number of hydrogen-bond donors (Lipinski definition) is 1. The lowest BCUT2D eigenvalue weighted by molar-refractivity contribution is -0.176. The van der Waals surface area contributed by atoms with Gasteiger partial charge in [-0.15, -0.1) is 0 Å². The molecule has 0 aliphatic heterocycles. The Labute approximate surface area is 104 Å². The van der Waals surface area contributed by atoms with Crippen molar-refractivity contribution in [2.45, 2.75) is 33.2 Å². The van der Waals surface area contributed by atoms with Crippen molar-refractivity contribution in [3.63, 3.8) is 0 Å². The second-order valence-electron chi connectivity index (χ2n) is 4.50. The third kappa shape index (κ3) is 6.07. The molecule has 0 saturated carbocycles. The highest BCUT2D eigenvalue weighted by molar-refractivity contribution is 5.15. The van der Waals surface area contributed by atoms with Crippen LogP contribution in [0.15, 0.2) is 16.7 Å². The molecule has 1 aromatic rings. The van der Waals surface area contributed by atoms with Gasteiger partial charge in [0.1, 0.15) is 12.4 Å². The van der Waals surface area contributed by atoms with Crippen LogP contribution < -0.4 is 5.32 Å². The number of ether oxygens (including phenoxy) is 1. The molecule has 1 heterocycles. The van der Waals surface area contributed by atoms with Crippen molar-refractivity contribution in [2.24, 2.45) is 5.92 Å². The summed E-state index contributed by atoms with van der Waals surface area (Å²) in [5.74, 6) is 1.13. The number of rotatable bonds is 7. The van der Waals surface area contributed by atoms with Gasteiger partial charge in [0, 0.05) is 5.56 Å². The van der Waals surface area contributed by atoms with Crippen molar-refractivity contribution in [3.05, 3.63) is 23.7 Å². The molecule has 0 fully saturated rings. The Balaban J connectivity index is 2.35. The molecule has 104 valence electrons. The summed E-state index contributed by atoms with van der Waals surface area (Å²) in [5.41, 5.74) is 0.649. The van der Waals surface area contributed by atoms with E-state index in [9.17, 15) is 13.2 Å². The molecule has 0 aliphatic carbocycles. The predicted octanol–water partition coefficient (Wildman–Crippen LogP) is 3.10. The molecule has 0 saturated heterocycles. The van der Waals surface area contributed by atoms with Crippen molar-refractivity contribution < 1.29 is 22.3 Å². The number of alkyl halides is 3. The van der Waals surface area contributed by atoms with Gasteiger partial charge in [-0.25, -0.2) is 0 Å². The molecule has 0 radical (unpaired) electrons. The molecule has 1 aromatic heterocycles. The number of hydrogen-bond acceptors (Lipinski definition) is 3. The van der Waals surface area contributed by atoms with E-state index >= 15 is 0 Å². The first-order valence-electron chi connectivity index (χ1n) is 5.79. The summed E-state index contributed by atoms with van der Waals surface area (Å²) < 4.78 is 45.5. The van der Waals surface area contributed by atoms with Crippen LogP contribution in [0, 0.1) is 5.92 Å². The average Bonchev–Trinajstić information content (AvgIpc) is 2.63. The standard InChI is InChI=1S/C12H18F3NO2/c1-9(2)5-16-6-11-10(3-4-18-11)7-17-8-12(13,14)15/h3-4,9,16H,5-8H2,1-2H3. The Morgan fingerprint density at radius 2 is 2.11 bits per heavy atom. The van der Waals surface area contributed by atoms with E-state index in [4.69, 9.17) is 4.42 Å². The maximum atomic E-state index is 11.9. The third-order valence-electron chi connectivity index (χ3n) is 2.20. The van der Waals surface area contributed by atoms with Gasteiger partial charge < -0.3 is 14.5 Å². The van der Waals surface area contributed by atoms with E-state index in [2.05, 4.69) is 23.9 Å². The summed E-state index contributed by atoms with van der Waals surface area (Å²) in [7, 11) is 0. The van der Waals surface area contributed by atoms with Gasteiger partial charge in [-0.2, -0.15) is 13.2 Å². The molecular formula is C12H18F3NO2. The average molecular weight is 265 g/mol. The summed E-state index contributed by atoms with van der Waals surface area (Å²) in [4.78, 5) is 0. The van der Waals surface area contributed by atoms with Crippen molar-refractivity contribution in [3.8, 4) is 0 Å². The lowest BCUT2D eigenvalue weighted by Crippen LogP contribution is -2.20. The Kier molecular flexibility index (Phi) is 5.68. The molecule has 3 nitrogen and oxygen atoms in total. The summed E-state index contributed by atoms with van der Waals surface area (Å²) >= 11 is 0. The van der Waals surface area contributed by atoms with Crippen molar-refractivity contribution in [1.82, 2.24) is 5.32 Å². The molecule has 0 spiro atoms. The van der Waals surface area contributed by atoms with Gasteiger partial charge in [0.25, 0.3) is 0 Å². The van der Waals surface area contributed by atoms with E-state index in [1.54, 1.807) is 6.07 Å². The molecule has 1 N–H and O–H groups in total. The minimum Gasteiger partial charge on any atom is -0.468 e. The molecule has 0 aromatic carbocycles. The fourth-order valence-corrected chi connectivity index (χ4v) is 1.40. The van der Waals surface area contributed by atoms with Gasteiger partial charge in [-0.05, 0) is 18.5 Å². The van der Waals surface area contributed by atoms with E-state index in [0.717, 1.165) is 6.54 Å². The Morgan fingerprint density at radius 1 is 1.39 bits per heavy atom. The number of halogens is 3. The molecular weight excluding hydrogens is 247 g/mol. The monoisotopic (exact) mass is 265 g/mol. The fraction of sp³-hybridized carbons (Fsp3) is 0.667. The van der Waals surface area contributed by atoms with E-state index < -0.39 is 12.8 Å². The molecule has 1 rings (SSSR count). The zero-order valence-corrected chi connectivity index (χ0v) is 10.5. The van der Waals surface area contributed by atoms with Crippen LogP contribution >= 0.6 is 0 Å². The number of nitrogens with one attached hydrogen (secondary N) is 1. The van der Waals surface area contributed by atoms with Gasteiger partial charge >= 0.3 is 6.18 Å². The minimum absolute atomic E-state index is 0.0886. The summed E-state index contributed by atoms with van der Waals surface area (Å²) in [6.45, 7) is 4.14. The summed E-state index contributed by atoms with van der Waals surface area (Å²) in [5, 5.41) is 3.16. The van der Waals surface area contributed by atoms with Gasteiger partial charge in [0.2, 0.25) is 0 Å². The summed E-state index contributed by atoms with van der Waals surface area (Å²) in [6.07, 6.45) is -2.83. The van der Waals surface area contributed by atoms with Crippen LogP contribution in [0.3, 0.4) is 0 Å². The normalized spacial score (nSPS) is 12.3. The van der Waals surface area contributed by atoms with E-state index in [-0.39, 0.29) is 6.61 Å². The second kappa shape index (κ2) is 6.80.